The topological polar surface area (TPSA) is 14.1 Å². The molecule has 0 unspecified atom stereocenters. The normalized spacial score (nSPS) is 17.3. The van der Waals surface area contributed by atoms with Crippen LogP contribution >= 0.6 is 0 Å². The number of benzene rings is 8. The quantitative estimate of drug-likeness (QED) is 0.154. The minimum atomic E-state index is -0.441. The zero-order valence-electron chi connectivity index (χ0n) is 35.7. The Bertz CT molecular complexity index is 2720. The number of allylic oxidation sites excluding steroid dienone is 4. The van der Waals surface area contributed by atoms with Gasteiger partial charge in [0.1, 0.15) is 0 Å². The van der Waals surface area contributed by atoms with Crippen molar-refractivity contribution < 1.29 is 51.4 Å². The average Bonchev–Trinajstić information content (AvgIpc) is 3.63. The maximum Gasteiger partial charge on any atom is 1.00 e. The third-order valence-corrected chi connectivity index (χ3v) is 12.4. The standard InChI is InChI=1S/C45H34.C12H10N.C2H6.K/c1-31-27-29-32(30-28-31)35-20-14-26-42-43(35)36-19-8-9-21-37(36)45(42)40-24-12-10-22-38(40)44(33-15-4-2-5-16-33,34-17-6-3-7-18-34)39-23-11-13-25-41(39)45;1-3-7-11(8-4-1)13-12-9-5-2-6-10-12;1-2;/h2-6,8-17,19-30H,7,18H2,1H3;1-10H;1-2H3;/q;-1;;+1. The molecular formula is C59H50KN. The smallest absolute Gasteiger partial charge is 0.658 e. The first kappa shape index (κ1) is 42.4. The van der Waals surface area contributed by atoms with Gasteiger partial charge in [0.25, 0.3) is 0 Å². The minimum absolute atomic E-state index is 0. The van der Waals surface area contributed by atoms with Crippen LogP contribution in [0, 0.1) is 6.92 Å². The predicted octanol–water partition coefficient (Wildman–Crippen LogP) is 13.0. The molecule has 3 aliphatic carbocycles. The van der Waals surface area contributed by atoms with Gasteiger partial charge in [-0.1, -0.05) is 249 Å². The van der Waals surface area contributed by atoms with E-state index in [4.69, 9.17) is 0 Å². The second-order valence-electron chi connectivity index (χ2n) is 15.5. The van der Waals surface area contributed by atoms with Gasteiger partial charge in [0.05, 0.1) is 10.8 Å². The van der Waals surface area contributed by atoms with Crippen molar-refractivity contribution in [2.24, 2.45) is 0 Å². The van der Waals surface area contributed by atoms with Crippen LogP contribution in [0.25, 0.3) is 27.6 Å². The van der Waals surface area contributed by atoms with E-state index in [-0.39, 0.29) is 51.4 Å². The third-order valence-electron chi connectivity index (χ3n) is 12.4. The van der Waals surface area contributed by atoms with Crippen LogP contribution < -0.4 is 51.4 Å². The molecule has 0 fully saturated rings. The van der Waals surface area contributed by atoms with Gasteiger partial charge in [-0.2, -0.15) is 0 Å². The maximum atomic E-state index is 4.44. The number of fused-ring (bicyclic) bond motifs is 9. The summed E-state index contributed by atoms with van der Waals surface area (Å²) in [7, 11) is 0. The van der Waals surface area contributed by atoms with Gasteiger partial charge in [0, 0.05) is 0 Å². The molecule has 0 aromatic heterocycles. The first-order chi connectivity index (χ1) is 29.7. The summed E-state index contributed by atoms with van der Waals surface area (Å²) in [5.74, 6) is 0. The molecule has 0 heterocycles. The molecule has 8 aromatic carbocycles. The summed E-state index contributed by atoms with van der Waals surface area (Å²) < 4.78 is 0. The molecule has 0 radical (unpaired) electrons. The fourth-order valence-corrected chi connectivity index (χ4v) is 10.0. The Kier molecular flexibility index (Phi) is 13.0. The Morgan fingerprint density at radius 3 is 1.43 bits per heavy atom. The Balaban J connectivity index is 0.000000274. The zero-order valence-corrected chi connectivity index (χ0v) is 38.8. The molecule has 0 amide bonds. The van der Waals surface area contributed by atoms with Gasteiger partial charge < -0.3 is 5.32 Å². The van der Waals surface area contributed by atoms with Gasteiger partial charge in [-0.3, -0.25) is 0 Å². The monoisotopic (exact) mass is 811 g/mol. The van der Waals surface area contributed by atoms with Crippen molar-refractivity contribution in [2.45, 2.75) is 44.4 Å². The summed E-state index contributed by atoms with van der Waals surface area (Å²) in [6.07, 6.45) is 9.06. The van der Waals surface area contributed by atoms with Crippen LogP contribution in [0.15, 0.2) is 230 Å². The Hall–Kier alpha value is -5.32. The van der Waals surface area contributed by atoms with Crippen molar-refractivity contribution in [1.82, 2.24) is 0 Å². The van der Waals surface area contributed by atoms with Crippen LogP contribution in [-0.4, -0.2) is 0 Å². The number of nitrogens with zero attached hydrogens (tertiary/aromatic N) is 1. The Morgan fingerprint density at radius 1 is 0.426 bits per heavy atom. The molecule has 1 spiro atoms. The van der Waals surface area contributed by atoms with E-state index in [1.54, 1.807) is 0 Å². The summed E-state index contributed by atoms with van der Waals surface area (Å²) in [5.41, 5.74) is 18.8. The number of hydrogen-bond acceptors (Lipinski definition) is 0. The van der Waals surface area contributed by atoms with E-state index in [1.165, 1.54) is 72.3 Å². The van der Waals surface area contributed by atoms with E-state index < -0.39 is 10.8 Å². The molecule has 292 valence electrons. The fourth-order valence-electron chi connectivity index (χ4n) is 10.0. The molecule has 0 saturated heterocycles. The first-order valence-corrected chi connectivity index (χ1v) is 21.4. The predicted molar refractivity (Wildman–Crippen MR) is 254 cm³/mol. The largest absolute Gasteiger partial charge is 1.00 e. The molecule has 0 saturated carbocycles. The van der Waals surface area contributed by atoms with E-state index in [0.717, 1.165) is 24.2 Å². The molecule has 1 nitrogen and oxygen atoms in total. The molecule has 0 N–H and O–H groups in total. The van der Waals surface area contributed by atoms with Crippen LogP contribution in [0.1, 0.15) is 71.2 Å². The van der Waals surface area contributed by atoms with Crippen LogP contribution in [-0.2, 0) is 10.8 Å². The van der Waals surface area contributed by atoms with Crippen molar-refractivity contribution in [1.29, 1.82) is 0 Å². The molecule has 0 aliphatic heterocycles. The van der Waals surface area contributed by atoms with Crippen LogP contribution in [0.5, 0.6) is 0 Å². The van der Waals surface area contributed by atoms with Crippen molar-refractivity contribution in [3.05, 3.63) is 280 Å². The summed E-state index contributed by atoms with van der Waals surface area (Å²) >= 11 is 0. The van der Waals surface area contributed by atoms with Crippen molar-refractivity contribution >= 4 is 11.4 Å². The maximum absolute atomic E-state index is 4.44. The van der Waals surface area contributed by atoms with Gasteiger partial charge in [0.15, 0.2) is 0 Å². The number of aryl methyl sites for hydroxylation is 1. The summed E-state index contributed by atoms with van der Waals surface area (Å²) in [5, 5.41) is 4.44. The molecule has 61 heavy (non-hydrogen) atoms. The Morgan fingerprint density at radius 2 is 0.885 bits per heavy atom. The van der Waals surface area contributed by atoms with E-state index in [9.17, 15) is 0 Å². The minimum Gasteiger partial charge on any atom is -0.658 e. The zero-order chi connectivity index (χ0) is 40.9. The molecule has 0 bridgehead atoms. The molecule has 8 aromatic rings. The Labute approximate surface area is 405 Å². The van der Waals surface area contributed by atoms with E-state index in [2.05, 4.69) is 176 Å². The van der Waals surface area contributed by atoms with Gasteiger partial charge >= 0.3 is 51.4 Å². The van der Waals surface area contributed by atoms with Gasteiger partial charge in [0.2, 0.25) is 0 Å². The van der Waals surface area contributed by atoms with Crippen molar-refractivity contribution in [3.8, 4) is 22.3 Å². The molecule has 11 rings (SSSR count). The van der Waals surface area contributed by atoms with E-state index in [0.29, 0.717) is 0 Å². The molecule has 3 aliphatic rings. The molecular weight excluding hydrogens is 762 g/mol. The number of hydrogen-bond donors (Lipinski definition) is 0. The first-order valence-electron chi connectivity index (χ1n) is 21.4. The number of para-hydroxylation sites is 2. The average molecular weight is 812 g/mol. The second-order valence-corrected chi connectivity index (χ2v) is 15.5. The third kappa shape index (κ3) is 7.35. The second kappa shape index (κ2) is 18.7. The van der Waals surface area contributed by atoms with Crippen molar-refractivity contribution in [3.63, 3.8) is 0 Å². The van der Waals surface area contributed by atoms with E-state index in [1.807, 2.05) is 74.5 Å². The van der Waals surface area contributed by atoms with Gasteiger partial charge in [-0.05, 0) is 81.0 Å². The van der Waals surface area contributed by atoms with Crippen LogP contribution in [0.4, 0.5) is 11.4 Å². The fraction of sp³-hybridized carbons (Fsp3) is 0.119. The van der Waals surface area contributed by atoms with Gasteiger partial charge in [-0.15, -0.1) is 11.4 Å². The van der Waals surface area contributed by atoms with Crippen LogP contribution in [0.3, 0.4) is 0 Å². The van der Waals surface area contributed by atoms with Gasteiger partial charge in [-0.25, -0.2) is 0 Å². The molecule has 2 heteroatoms. The van der Waals surface area contributed by atoms with E-state index >= 15 is 0 Å². The summed E-state index contributed by atoms with van der Waals surface area (Å²) in [4.78, 5) is 0. The summed E-state index contributed by atoms with van der Waals surface area (Å²) in [6.45, 7) is 6.16. The van der Waals surface area contributed by atoms with Crippen molar-refractivity contribution in [2.75, 3.05) is 0 Å². The summed E-state index contributed by atoms with van der Waals surface area (Å²) in [6, 6.07) is 75.1. The van der Waals surface area contributed by atoms with Crippen LogP contribution in [0.2, 0.25) is 0 Å². The number of rotatable bonds is 5. The molecule has 0 atom stereocenters. The SMILES string of the molecule is CC.Cc1ccc(-c2cccc3c2-c2ccccc2C32c3ccccc3C(C3=CC=CCC3)(c3ccccc3)c3ccccc32)cc1.[K+].c1ccc([N-]c2ccccc2)cc1.